The predicted octanol–water partition coefficient (Wildman–Crippen LogP) is 2.87. The number of alkyl halides is 1. The third kappa shape index (κ3) is 1.87. The van der Waals surface area contributed by atoms with Gasteiger partial charge in [0, 0.05) is 0 Å². The minimum atomic E-state index is -0.124. The van der Waals surface area contributed by atoms with Crippen LogP contribution in [0.1, 0.15) is 15.8 Å². The summed E-state index contributed by atoms with van der Waals surface area (Å²) in [6, 6.07) is 9.91. The van der Waals surface area contributed by atoms with Crippen LogP contribution in [0.3, 0.4) is 0 Å². The highest BCUT2D eigenvalue weighted by Crippen LogP contribution is 2.29. The molecule has 13 heavy (non-hydrogen) atoms. The molecule has 1 aromatic carbocycles. The Kier molecular flexibility index (Phi) is 2.57. The van der Waals surface area contributed by atoms with Crippen LogP contribution in [0.4, 0.5) is 0 Å². The van der Waals surface area contributed by atoms with Gasteiger partial charge in [0.25, 0.3) is 0 Å². The van der Waals surface area contributed by atoms with E-state index in [1.165, 1.54) is 11.5 Å². The fraction of sp³-hybridized carbons (Fsp3) is 0.111. The maximum atomic E-state index is 6.20. The van der Waals surface area contributed by atoms with Crippen LogP contribution in [0.5, 0.6) is 0 Å². The molecule has 1 aromatic heterocycles. The first kappa shape index (κ1) is 8.66. The van der Waals surface area contributed by atoms with Crippen molar-refractivity contribution in [1.82, 2.24) is 9.59 Å². The van der Waals surface area contributed by atoms with Crippen LogP contribution in [0.15, 0.2) is 36.5 Å². The standard InChI is InChI=1S/C9H7ClN2S/c10-9(8-6-11-12-13-8)7-4-2-1-3-5-7/h1-6,9H. The maximum Gasteiger partial charge on any atom is 0.0960 e. The molecule has 0 fully saturated rings. The lowest BCUT2D eigenvalue weighted by Crippen LogP contribution is -1.88. The van der Waals surface area contributed by atoms with Gasteiger partial charge in [0.2, 0.25) is 0 Å². The molecule has 1 heterocycles. The zero-order chi connectivity index (χ0) is 9.10. The molecular formula is C9H7ClN2S. The molecule has 0 spiro atoms. The van der Waals surface area contributed by atoms with Crippen LogP contribution < -0.4 is 0 Å². The largest absolute Gasteiger partial charge is 0.146 e. The van der Waals surface area contributed by atoms with Crippen molar-refractivity contribution in [1.29, 1.82) is 0 Å². The Bertz CT molecular complexity index is 360. The summed E-state index contributed by atoms with van der Waals surface area (Å²) >= 11 is 7.54. The Labute approximate surface area is 85.3 Å². The van der Waals surface area contributed by atoms with Crippen molar-refractivity contribution in [2.24, 2.45) is 0 Å². The van der Waals surface area contributed by atoms with E-state index >= 15 is 0 Å². The molecule has 0 radical (unpaired) electrons. The monoisotopic (exact) mass is 210 g/mol. The quantitative estimate of drug-likeness (QED) is 0.713. The molecule has 0 bridgehead atoms. The SMILES string of the molecule is ClC(c1ccccc1)c1cnns1. The topological polar surface area (TPSA) is 25.8 Å². The fourth-order valence-electron chi connectivity index (χ4n) is 1.07. The molecule has 0 saturated heterocycles. The van der Waals surface area contributed by atoms with Gasteiger partial charge in [-0.3, -0.25) is 0 Å². The van der Waals surface area contributed by atoms with E-state index in [1.54, 1.807) is 6.20 Å². The average Bonchev–Trinajstić information content (AvgIpc) is 2.71. The average molecular weight is 211 g/mol. The van der Waals surface area contributed by atoms with E-state index in [4.69, 9.17) is 11.6 Å². The van der Waals surface area contributed by atoms with Crippen molar-refractivity contribution in [3.63, 3.8) is 0 Å². The number of aromatic nitrogens is 2. The van der Waals surface area contributed by atoms with Crippen molar-refractivity contribution in [3.05, 3.63) is 47.0 Å². The Morgan fingerprint density at radius 3 is 2.62 bits per heavy atom. The van der Waals surface area contributed by atoms with Crippen molar-refractivity contribution in [2.75, 3.05) is 0 Å². The Hall–Kier alpha value is -0.930. The molecule has 0 aliphatic heterocycles. The molecule has 0 aliphatic carbocycles. The van der Waals surface area contributed by atoms with E-state index in [9.17, 15) is 0 Å². The summed E-state index contributed by atoms with van der Waals surface area (Å²) in [7, 11) is 0. The molecule has 0 amide bonds. The Balaban J connectivity index is 2.29. The molecule has 0 aliphatic rings. The first-order valence-electron chi connectivity index (χ1n) is 3.84. The second kappa shape index (κ2) is 3.85. The van der Waals surface area contributed by atoms with E-state index in [2.05, 4.69) is 9.59 Å². The number of halogens is 1. The van der Waals surface area contributed by atoms with Gasteiger partial charge in [-0.05, 0) is 17.1 Å². The lowest BCUT2D eigenvalue weighted by Gasteiger charge is -2.04. The van der Waals surface area contributed by atoms with Gasteiger partial charge in [0.1, 0.15) is 0 Å². The van der Waals surface area contributed by atoms with Gasteiger partial charge in [0.15, 0.2) is 0 Å². The molecule has 2 aromatic rings. The summed E-state index contributed by atoms with van der Waals surface area (Å²) < 4.78 is 3.78. The van der Waals surface area contributed by atoms with Crippen molar-refractivity contribution < 1.29 is 0 Å². The normalized spacial score (nSPS) is 12.7. The van der Waals surface area contributed by atoms with Gasteiger partial charge in [-0.1, -0.05) is 34.8 Å². The molecule has 0 saturated carbocycles. The van der Waals surface area contributed by atoms with Crippen molar-refractivity contribution >= 4 is 23.1 Å². The summed E-state index contributed by atoms with van der Waals surface area (Å²) in [5.74, 6) is 0. The minimum Gasteiger partial charge on any atom is -0.146 e. The van der Waals surface area contributed by atoms with Crippen LogP contribution in [0.25, 0.3) is 0 Å². The fourth-order valence-corrected chi connectivity index (χ4v) is 1.91. The predicted molar refractivity (Wildman–Crippen MR) is 54.0 cm³/mol. The number of hydrogen-bond acceptors (Lipinski definition) is 3. The molecule has 1 atom stereocenters. The Morgan fingerprint density at radius 2 is 2.00 bits per heavy atom. The molecule has 1 unspecified atom stereocenters. The third-order valence-corrected chi connectivity index (χ3v) is 3.06. The van der Waals surface area contributed by atoms with Crippen molar-refractivity contribution in [3.8, 4) is 0 Å². The van der Waals surface area contributed by atoms with E-state index < -0.39 is 0 Å². The summed E-state index contributed by atoms with van der Waals surface area (Å²) in [5.41, 5.74) is 1.08. The van der Waals surface area contributed by atoms with Crippen LogP contribution in [0, 0.1) is 0 Å². The highest BCUT2D eigenvalue weighted by Gasteiger charge is 2.11. The first-order chi connectivity index (χ1) is 6.38. The van der Waals surface area contributed by atoms with Gasteiger partial charge in [-0.25, -0.2) is 0 Å². The maximum absolute atomic E-state index is 6.20. The highest BCUT2D eigenvalue weighted by atomic mass is 35.5. The second-order valence-corrected chi connectivity index (χ2v) is 3.85. The van der Waals surface area contributed by atoms with Crippen LogP contribution in [-0.2, 0) is 0 Å². The summed E-state index contributed by atoms with van der Waals surface area (Å²) in [4.78, 5) is 0.980. The summed E-state index contributed by atoms with van der Waals surface area (Å²) in [5, 5.41) is 3.63. The summed E-state index contributed by atoms with van der Waals surface area (Å²) in [6.45, 7) is 0. The lowest BCUT2D eigenvalue weighted by atomic mass is 10.1. The highest BCUT2D eigenvalue weighted by molar-refractivity contribution is 7.05. The molecule has 66 valence electrons. The second-order valence-electron chi connectivity index (χ2n) is 2.59. The number of rotatable bonds is 2. The van der Waals surface area contributed by atoms with E-state index in [0.29, 0.717) is 0 Å². The summed E-state index contributed by atoms with van der Waals surface area (Å²) in [6.07, 6.45) is 1.70. The molecule has 2 rings (SSSR count). The number of benzene rings is 1. The van der Waals surface area contributed by atoms with Crippen LogP contribution in [0.2, 0.25) is 0 Å². The van der Waals surface area contributed by atoms with E-state index in [1.807, 2.05) is 30.3 Å². The first-order valence-corrected chi connectivity index (χ1v) is 5.05. The number of nitrogens with zero attached hydrogens (tertiary/aromatic N) is 2. The molecule has 4 heteroatoms. The zero-order valence-corrected chi connectivity index (χ0v) is 8.29. The van der Waals surface area contributed by atoms with Crippen LogP contribution in [-0.4, -0.2) is 9.59 Å². The van der Waals surface area contributed by atoms with E-state index in [0.717, 1.165) is 10.4 Å². The Morgan fingerprint density at radius 1 is 1.23 bits per heavy atom. The van der Waals surface area contributed by atoms with Crippen molar-refractivity contribution in [2.45, 2.75) is 5.38 Å². The smallest absolute Gasteiger partial charge is 0.0960 e. The molecular weight excluding hydrogens is 204 g/mol. The minimum absolute atomic E-state index is 0.124. The van der Waals surface area contributed by atoms with Crippen LogP contribution >= 0.6 is 23.1 Å². The van der Waals surface area contributed by atoms with Gasteiger partial charge in [0.05, 0.1) is 16.5 Å². The number of hydrogen-bond donors (Lipinski definition) is 0. The van der Waals surface area contributed by atoms with Gasteiger partial charge >= 0.3 is 0 Å². The zero-order valence-electron chi connectivity index (χ0n) is 6.72. The van der Waals surface area contributed by atoms with Gasteiger partial charge < -0.3 is 0 Å². The van der Waals surface area contributed by atoms with Gasteiger partial charge in [-0.15, -0.1) is 16.7 Å². The van der Waals surface area contributed by atoms with E-state index in [-0.39, 0.29) is 5.38 Å². The third-order valence-electron chi connectivity index (χ3n) is 1.72. The lowest BCUT2D eigenvalue weighted by molar-refractivity contribution is 1.12. The molecule has 2 nitrogen and oxygen atoms in total. The van der Waals surface area contributed by atoms with Gasteiger partial charge in [-0.2, -0.15) is 0 Å². The molecule has 0 N–H and O–H groups in total.